The third-order valence-electron chi connectivity index (χ3n) is 4.17. The molecule has 0 aliphatic heterocycles. The number of aromatic nitrogens is 3. The summed E-state index contributed by atoms with van der Waals surface area (Å²) in [6.07, 6.45) is 0.664. The predicted octanol–water partition coefficient (Wildman–Crippen LogP) is 3.97. The second-order valence-corrected chi connectivity index (χ2v) is 6.31. The standard InChI is InChI=1S/C19H19ClN4O3/c1-4-14-16(20)24-17(23-14)18(25)22-12-7-5-11(6-8-12)15-9-13(10(2)21-15)19(26)27-3/h5-9,21H,4H2,1-3H3,(H,22,25)(H,23,24). The van der Waals surface area contributed by atoms with Gasteiger partial charge in [0.05, 0.1) is 18.4 Å². The van der Waals surface area contributed by atoms with Crippen LogP contribution in [0.5, 0.6) is 0 Å². The number of halogens is 1. The number of imidazole rings is 1. The molecule has 1 aromatic carbocycles. The number of carbonyl (C=O) groups is 2. The molecule has 0 aliphatic carbocycles. The van der Waals surface area contributed by atoms with E-state index in [1.165, 1.54) is 7.11 Å². The first kappa shape index (κ1) is 18.7. The first-order chi connectivity index (χ1) is 12.9. The number of nitrogens with zero attached hydrogens (tertiary/aromatic N) is 1. The van der Waals surface area contributed by atoms with Gasteiger partial charge in [-0.25, -0.2) is 9.78 Å². The van der Waals surface area contributed by atoms with Gasteiger partial charge in [-0.1, -0.05) is 30.7 Å². The molecule has 2 heterocycles. The van der Waals surface area contributed by atoms with Crippen molar-refractivity contribution in [1.82, 2.24) is 15.0 Å². The first-order valence-corrected chi connectivity index (χ1v) is 8.74. The second-order valence-electron chi connectivity index (χ2n) is 5.95. The minimum absolute atomic E-state index is 0.170. The highest BCUT2D eigenvalue weighted by molar-refractivity contribution is 6.30. The molecule has 7 nitrogen and oxygen atoms in total. The lowest BCUT2D eigenvalue weighted by Gasteiger charge is -2.04. The van der Waals surface area contributed by atoms with Crippen LogP contribution >= 0.6 is 11.6 Å². The van der Waals surface area contributed by atoms with Gasteiger partial charge in [-0.3, -0.25) is 4.79 Å². The van der Waals surface area contributed by atoms with Crippen LogP contribution in [0.15, 0.2) is 30.3 Å². The van der Waals surface area contributed by atoms with Gasteiger partial charge in [0.25, 0.3) is 5.91 Å². The second kappa shape index (κ2) is 7.67. The summed E-state index contributed by atoms with van der Waals surface area (Å²) < 4.78 is 4.76. The zero-order valence-corrected chi connectivity index (χ0v) is 15.9. The van der Waals surface area contributed by atoms with Crippen LogP contribution in [0.4, 0.5) is 5.69 Å². The maximum Gasteiger partial charge on any atom is 0.339 e. The molecular weight excluding hydrogens is 368 g/mol. The van der Waals surface area contributed by atoms with Gasteiger partial charge in [-0.05, 0) is 37.1 Å². The van der Waals surface area contributed by atoms with E-state index >= 15 is 0 Å². The number of hydrogen-bond donors (Lipinski definition) is 3. The van der Waals surface area contributed by atoms with Crippen molar-refractivity contribution in [2.45, 2.75) is 20.3 Å². The number of methoxy groups -OCH3 is 1. The Morgan fingerprint density at radius 3 is 2.52 bits per heavy atom. The van der Waals surface area contributed by atoms with E-state index in [4.69, 9.17) is 16.3 Å². The Hall–Kier alpha value is -3.06. The van der Waals surface area contributed by atoms with Crippen molar-refractivity contribution in [1.29, 1.82) is 0 Å². The number of hydrogen-bond acceptors (Lipinski definition) is 4. The fourth-order valence-electron chi connectivity index (χ4n) is 2.69. The third kappa shape index (κ3) is 3.88. The smallest absolute Gasteiger partial charge is 0.339 e. The first-order valence-electron chi connectivity index (χ1n) is 8.37. The predicted molar refractivity (Wildman–Crippen MR) is 103 cm³/mol. The highest BCUT2D eigenvalue weighted by atomic mass is 35.5. The Labute approximate surface area is 161 Å². The molecule has 0 fully saturated rings. The molecule has 3 aromatic rings. The van der Waals surface area contributed by atoms with E-state index in [0.29, 0.717) is 22.8 Å². The fourth-order valence-corrected chi connectivity index (χ4v) is 2.95. The third-order valence-corrected chi connectivity index (χ3v) is 4.48. The van der Waals surface area contributed by atoms with Gasteiger partial charge < -0.3 is 20.0 Å². The lowest BCUT2D eigenvalue weighted by Crippen LogP contribution is -2.13. The van der Waals surface area contributed by atoms with Crippen molar-refractivity contribution in [3.05, 3.63) is 58.3 Å². The summed E-state index contributed by atoms with van der Waals surface area (Å²) >= 11 is 5.97. The molecule has 0 unspecified atom stereocenters. The molecule has 0 saturated carbocycles. The average Bonchev–Trinajstić information content (AvgIpc) is 3.24. The molecule has 0 spiro atoms. The molecular formula is C19H19ClN4O3. The van der Waals surface area contributed by atoms with Crippen LogP contribution in [0.1, 0.15) is 39.3 Å². The van der Waals surface area contributed by atoms with Crippen molar-refractivity contribution < 1.29 is 14.3 Å². The maximum atomic E-state index is 12.3. The van der Waals surface area contributed by atoms with Crippen molar-refractivity contribution in [2.75, 3.05) is 12.4 Å². The Morgan fingerprint density at radius 1 is 1.22 bits per heavy atom. The zero-order valence-electron chi connectivity index (χ0n) is 15.1. The number of H-pyrrole nitrogens is 2. The van der Waals surface area contributed by atoms with Crippen molar-refractivity contribution in [3.8, 4) is 11.3 Å². The van der Waals surface area contributed by atoms with Gasteiger partial charge in [0.1, 0.15) is 0 Å². The van der Waals surface area contributed by atoms with Gasteiger partial charge in [0.15, 0.2) is 11.0 Å². The fraction of sp³-hybridized carbons (Fsp3) is 0.211. The number of nitrogens with one attached hydrogen (secondary N) is 3. The van der Waals surface area contributed by atoms with E-state index in [9.17, 15) is 9.59 Å². The van der Waals surface area contributed by atoms with Crippen molar-refractivity contribution in [3.63, 3.8) is 0 Å². The average molecular weight is 387 g/mol. The molecule has 3 N–H and O–H groups in total. The van der Waals surface area contributed by atoms with Crippen molar-refractivity contribution in [2.24, 2.45) is 0 Å². The molecule has 3 rings (SSSR count). The number of rotatable bonds is 5. The number of esters is 1. The highest BCUT2D eigenvalue weighted by Crippen LogP contribution is 2.24. The van der Waals surface area contributed by atoms with E-state index in [-0.39, 0.29) is 17.7 Å². The Kier molecular flexibility index (Phi) is 5.32. The number of benzene rings is 1. The van der Waals surface area contributed by atoms with E-state index in [1.54, 1.807) is 18.2 Å². The monoisotopic (exact) mass is 386 g/mol. The van der Waals surface area contributed by atoms with Crippen LogP contribution in [-0.4, -0.2) is 33.9 Å². The minimum atomic E-state index is -0.387. The molecule has 0 atom stereocenters. The highest BCUT2D eigenvalue weighted by Gasteiger charge is 2.15. The maximum absolute atomic E-state index is 12.3. The summed E-state index contributed by atoms with van der Waals surface area (Å²) in [6, 6.07) is 8.97. The number of aryl methyl sites for hydroxylation is 2. The molecule has 0 radical (unpaired) electrons. The van der Waals surface area contributed by atoms with Crippen LogP contribution in [-0.2, 0) is 11.2 Å². The van der Waals surface area contributed by atoms with Crippen LogP contribution in [0.2, 0.25) is 5.15 Å². The number of amides is 1. The Morgan fingerprint density at radius 2 is 1.93 bits per heavy atom. The minimum Gasteiger partial charge on any atom is -0.465 e. The van der Waals surface area contributed by atoms with Gasteiger partial charge in [-0.2, -0.15) is 0 Å². The molecule has 8 heteroatoms. The van der Waals surface area contributed by atoms with Gasteiger partial charge >= 0.3 is 5.97 Å². The normalized spacial score (nSPS) is 10.7. The van der Waals surface area contributed by atoms with Gasteiger partial charge in [0.2, 0.25) is 0 Å². The summed E-state index contributed by atoms with van der Waals surface area (Å²) in [6.45, 7) is 3.73. The molecule has 0 saturated heterocycles. The Balaban J connectivity index is 1.75. The lowest BCUT2D eigenvalue weighted by molar-refractivity contribution is 0.0600. The number of ether oxygens (including phenoxy) is 1. The van der Waals surface area contributed by atoms with Crippen LogP contribution in [0.3, 0.4) is 0 Å². The van der Waals surface area contributed by atoms with E-state index in [2.05, 4.69) is 20.3 Å². The van der Waals surface area contributed by atoms with Gasteiger partial charge in [-0.15, -0.1) is 0 Å². The van der Waals surface area contributed by atoms with E-state index < -0.39 is 0 Å². The molecule has 27 heavy (non-hydrogen) atoms. The number of aromatic amines is 2. The molecule has 0 aliphatic rings. The molecule has 1 amide bonds. The summed E-state index contributed by atoms with van der Waals surface area (Å²) in [4.78, 5) is 34.1. The summed E-state index contributed by atoms with van der Waals surface area (Å²) in [5.41, 5.74) is 4.23. The molecule has 0 bridgehead atoms. The van der Waals surface area contributed by atoms with Crippen LogP contribution in [0.25, 0.3) is 11.3 Å². The SMILES string of the molecule is CCc1[nH]c(C(=O)Nc2ccc(-c3cc(C(=O)OC)c(C)[nH]3)cc2)nc1Cl. The van der Waals surface area contributed by atoms with Gasteiger partial charge in [0, 0.05) is 17.1 Å². The van der Waals surface area contributed by atoms with Crippen LogP contribution < -0.4 is 5.32 Å². The lowest BCUT2D eigenvalue weighted by atomic mass is 10.1. The summed E-state index contributed by atoms with van der Waals surface area (Å²) in [5.74, 6) is -0.584. The van der Waals surface area contributed by atoms with E-state index in [1.807, 2.05) is 26.0 Å². The summed E-state index contributed by atoms with van der Waals surface area (Å²) in [5, 5.41) is 3.08. The zero-order chi connectivity index (χ0) is 19.6. The number of carbonyl (C=O) groups excluding carboxylic acids is 2. The Bertz CT molecular complexity index is 989. The largest absolute Gasteiger partial charge is 0.465 e. The van der Waals surface area contributed by atoms with Crippen molar-refractivity contribution >= 4 is 29.2 Å². The topological polar surface area (TPSA) is 99.9 Å². The number of anilines is 1. The molecule has 2 aromatic heterocycles. The molecule has 140 valence electrons. The quantitative estimate of drug-likeness (QED) is 0.577. The summed E-state index contributed by atoms with van der Waals surface area (Å²) in [7, 11) is 1.35. The van der Waals surface area contributed by atoms with Crippen LogP contribution in [0, 0.1) is 6.92 Å². The van der Waals surface area contributed by atoms with E-state index in [0.717, 1.165) is 22.6 Å².